The number of halogens is 1. The lowest BCUT2D eigenvalue weighted by molar-refractivity contribution is -0.147. The molecule has 5 nitrogen and oxygen atoms in total. The van der Waals surface area contributed by atoms with Gasteiger partial charge in [0.05, 0.1) is 17.9 Å². The lowest BCUT2D eigenvalue weighted by Gasteiger charge is -2.21. The number of carbonyl (C=O) groups is 2. The number of amides is 1. The summed E-state index contributed by atoms with van der Waals surface area (Å²) in [5, 5.41) is 19.1. The number of nitrogens with zero attached hydrogens (tertiary/aromatic N) is 1. The van der Waals surface area contributed by atoms with Crippen LogP contribution in [0.1, 0.15) is 31.4 Å². The van der Waals surface area contributed by atoms with Crippen molar-refractivity contribution in [3.8, 4) is 0 Å². The molecule has 21 heavy (non-hydrogen) atoms. The van der Waals surface area contributed by atoms with E-state index in [2.05, 4.69) is 0 Å². The molecule has 114 valence electrons. The van der Waals surface area contributed by atoms with Gasteiger partial charge in [0.2, 0.25) is 5.91 Å². The fourth-order valence-electron chi connectivity index (χ4n) is 2.47. The number of rotatable bonds is 4. The van der Waals surface area contributed by atoms with Crippen molar-refractivity contribution in [2.24, 2.45) is 5.41 Å². The summed E-state index contributed by atoms with van der Waals surface area (Å²) < 4.78 is 13.1. The standard InChI is InChI=1S/C15H18FNO4/c1-15(14(20)21)5-6-17(9-15)13(19)8-12(18)10-3-2-4-11(16)7-10/h2-4,7,12,18H,5-6,8-9H2,1H3,(H,20,21)/t12-,15+/m1/s1. The molecule has 2 atom stereocenters. The highest BCUT2D eigenvalue weighted by atomic mass is 19.1. The van der Waals surface area contributed by atoms with E-state index in [4.69, 9.17) is 5.11 Å². The molecule has 1 amide bonds. The summed E-state index contributed by atoms with van der Waals surface area (Å²) in [6.07, 6.45) is -0.881. The molecule has 6 heteroatoms. The van der Waals surface area contributed by atoms with Crippen molar-refractivity contribution in [3.63, 3.8) is 0 Å². The maximum Gasteiger partial charge on any atom is 0.311 e. The number of carboxylic acid groups (broad SMARTS) is 1. The first-order chi connectivity index (χ1) is 9.82. The van der Waals surface area contributed by atoms with Gasteiger partial charge in [0.15, 0.2) is 0 Å². The van der Waals surface area contributed by atoms with Crippen molar-refractivity contribution in [1.29, 1.82) is 0 Å². The van der Waals surface area contributed by atoms with Crippen LogP contribution in [0.25, 0.3) is 0 Å². The van der Waals surface area contributed by atoms with Gasteiger partial charge in [0.25, 0.3) is 0 Å². The van der Waals surface area contributed by atoms with Crippen LogP contribution >= 0.6 is 0 Å². The summed E-state index contributed by atoms with van der Waals surface area (Å²) in [4.78, 5) is 24.7. The van der Waals surface area contributed by atoms with Crippen molar-refractivity contribution >= 4 is 11.9 Å². The van der Waals surface area contributed by atoms with Crippen LogP contribution in [0.4, 0.5) is 4.39 Å². The molecule has 1 aromatic rings. The van der Waals surface area contributed by atoms with Crippen LogP contribution in [-0.2, 0) is 9.59 Å². The van der Waals surface area contributed by atoms with Crippen molar-refractivity contribution < 1.29 is 24.2 Å². The van der Waals surface area contributed by atoms with Crippen molar-refractivity contribution in [3.05, 3.63) is 35.6 Å². The van der Waals surface area contributed by atoms with Gasteiger partial charge < -0.3 is 15.1 Å². The predicted octanol–water partition coefficient (Wildman–Crippen LogP) is 1.57. The molecular weight excluding hydrogens is 277 g/mol. The van der Waals surface area contributed by atoms with Gasteiger partial charge in [-0.05, 0) is 31.0 Å². The van der Waals surface area contributed by atoms with Gasteiger partial charge in [-0.15, -0.1) is 0 Å². The van der Waals surface area contributed by atoms with E-state index in [1.807, 2.05) is 0 Å². The van der Waals surface area contributed by atoms with Crippen LogP contribution in [-0.4, -0.2) is 40.1 Å². The SMILES string of the molecule is C[C@]1(C(=O)O)CCN(C(=O)C[C@@H](O)c2cccc(F)c2)C1. The highest BCUT2D eigenvalue weighted by Crippen LogP contribution is 2.31. The van der Waals surface area contributed by atoms with Gasteiger partial charge in [-0.3, -0.25) is 9.59 Å². The first-order valence-corrected chi connectivity index (χ1v) is 6.76. The molecule has 1 aliphatic rings. The lowest BCUT2D eigenvalue weighted by Crippen LogP contribution is -2.35. The quantitative estimate of drug-likeness (QED) is 0.884. The molecule has 2 N–H and O–H groups in total. The summed E-state index contributed by atoms with van der Waals surface area (Å²) in [5.41, 5.74) is -0.594. The smallest absolute Gasteiger partial charge is 0.311 e. The van der Waals surface area contributed by atoms with Crippen LogP contribution in [0.3, 0.4) is 0 Å². The highest BCUT2D eigenvalue weighted by Gasteiger charge is 2.42. The Hall–Kier alpha value is -1.95. The third kappa shape index (κ3) is 3.39. The van der Waals surface area contributed by atoms with Crippen LogP contribution in [0.5, 0.6) is 0 Å². The topological polar surface area (TPSA) is 77.8 Å². The van der Waals surface area contributed by atoms with Gasteiger partial charge in [-0.1, -0.05) is 12.1 Å². The molecule has 1 aliphatic heterocycles. The Morgan fingerprint density at radius 1 is 1.48 bits per heavy atom. The molecule has 1 aromatic carbocycles. The summed E-state index contributed by atoms with van der Waals surface area (Å²) in [7, 11) is 0. The summed E-state index contributed by atoms with van der Waals surface area (Å²) in [6, 6.07) is 5.46. The second-order valence-corrected chi connectivity index (χ2v) is 5.71. The number of hydrogen-bond acceptors (Lipinski definition) is 3. The Bertz CT molecular complexity index is 562. The largest absolute Gasteiger partial charge is 0.481 e. The Kier molecular flexibility index (Phi) is 4.27. The normalized spacial score (nSPS) is 23.1. The van der Waals surface area contributed by atoms with E-state index in [0.717, 1.165) is 0 Å². The molecule has 0 bridgehead atoms. The average Bonchev–Trinajstić information content (AvgIpc) is 2.83. The monoisotopic (exact) mass is 295 g/mol. The minimum atomic E-state index is -1.09. The van der Waals surface area contributed by atoms with E-state index in [0.29, 0.717) is 18.5 Å². The second kappa shape index (κ2) is 5.81. The fraction of sp³-hybridized carbons (Fsp3) is 0.467. The number of carbonyl (C=O) groups excluding carboxylic acids is 1. The first-order valence-electron chi connectivity index (χ1n) is 6.76. The third-order valence-corrected chi connectivity index (χ3v) is 3.94. The number of benzene rings is 1. The molecule has 2 rings (SSSR count). The van der Waals surface area contributed by atoms with E-state index < -0.39 is 23.3 Å². The maximum absolute atomic E-state index is 13.1. The molecule has 0 saturated carbocycles. The van der Waals surface area contributed by atoms with E-state index in [-0.39, 0.29) is 18.9 Å². The van der Waals surface area contributed by atoms with Crippen molar-refractivity contribution in [1.82, 2.24) is 4.90 Å². The highest BCUT2D eigenvalue weighted by molar-refractivity contribution is 5.80. The van der Waals surface area contributed by atoms with Crippen LogP contribution in [0.2, 0.25) is 0 Å². The molecule has 0 aliphatic carbocycles. The van der Waals surface area contributed by atoms with Crippen LogP contribution < -0.4 is 0 Å². The van der Waals surface area contributed by atoms with Crippen molar-refractivity contribution in [2.45, 2.75) is 25.9 Å². The molecule has 0 aromatic heterocycles. The average molecular weight is 295 g/mol. The minimum absolute atomic E-state index is 0.136. The zero-order valence-electron chi connectivity index (χ0n) is 11.8. The molecule has 1 saturated heterocycles. The van der Waals surface area contributed by atoms with Gasteiger partial charge in [-0.2, -0.15) is 0 Å². The number of aliphatic carboxylic acids is 1. The first kappa shape index (κ1) is 15.4. The number of aliphatic hydroxyl groups is 1. The molecular formula is C15H18FNO4. The van der Waals surface area contributed by atoms with E-state index in [9.17, 15) is 19.1 Å². The predicted molar refractivity (Wildman–Crippen MR) is 72.9 cm³/mol. The molecule has 0 unspecified atom stereocenters. The molecule has 0 radical (unpaired) electrons. The molecule has 1 fully saturated rings. The fourth-order valence-corrected chi connectivity index (χ4v) is 2.47. The minimum Gasteiger partial charge on any atom is -0.481 e. The number of hydrogen-bond donors (Lipinski definition) is 2. The Morgan fingerprint density at radius 3 is 2.76 bits per heavy atom. The summed E-state index contributed by atoms with van der Waals surface area (Å²) >= 11 is 0. The molecule has 1 heterocycles. The van der Waals surface area contributed by atoms with Gasteiger partial charge in [-0.25, -0.2) is 4.39 Å². The number of carboxylic acids is 1. The van der Waals surface area contributed by atoms with Crippen LogP contribution in [0, 0.1) is 11.2 Å². The maximum atomic E-state index is 13.1. The van der Waals surface area contributed by atoms with Gasteiger partial charge in [0.1, 0.15) is 5.82 Å². The Labute approximate surface area is 122 Å². The Morgan fingerprint density at radius 2 is 2.19 bits per heavy atom. The second-order valence-electron chi connectivity index (χ2n) is 5.71. The van der Waals surface area contributed by atoms with E-state index in [1.165, 1.54) is 23.1 Å². The zero-order valence-corrected chi connectivity index (χ0v) is 11.8. The van der Waals surface area contributed by atoms with Crippen molar-refractivity contribution in [2.75, 3.05) is 13.1 Å². The van der Waals surface area contributed by atoms with Gasteiger partial charge in [0, 0.05) is 13.1 Å². The van der Waals surface area contributed by atoms with Gasteiger partial charge >= 0.3 is 5.97 Å². The third-order valence-electron chi connectivity index (χ3n) is 3.94. The zero-order chi connectivity index (χ0) is 15.6. The van der Waals surface area contributed by atoms with E-state index >= 15 is 0 Å². The number of aliphatic hydroxyl groups excluding tert-OH is 1. The summed E-state index contributed by atoms with van der Waals surface area (Å²) in [5.74, 6) is -1.72. The Balaban J connectivity index is 1.98. The van der Waals surface area contributed by atoms with Crippen LogP contribution in [0.15, 0.2) is 24.3 Å². The van der Waals surface area contributed by atoms with E-state index in [1.54, 1.807) is 13.0 Å². The number of likely N-dealkylation sites (tertiary alicyclic amines) is 1. The lowest BCUT2D eigenvalue weighted by atomic mass is 9.90. The summed E-state index contributed by atoms with van der Waals surface area (Å²) in [6.45, 7) is 2.10. The molecule has 0 spiro atoms.